The number of anilines is 1. The topological polar surface area (TPSA) is 80.9 Å². The van der Waals surface area contributed by atoms with Gasteiger partial charge < -0.3 is 11.1 Å². The number of rotatable bonds is 3. The number of hydrogen-bond donors (Lipinski definition) is 2. The minimum Gasteiger partial charge on any atom is -0.382 e. The van der Waals surface area contributed by atoms with Gasteiger partial charge in [0.15, 0.2) is 5.69 Å². The summed E-state index contributed by atoms with van der Waals surface area (Å²) < 4.78 is 0. The Labute approximate surface area is 88.1 Å². The molecule has 15 heavy (non-hydrogen) atoms. The zero-order chi connectivity index (χ0) is 10.8. The number of nitrogens with one attached hydrogen (secondary N) is 1. The number of hydrogen-bond acceptors (Lipinski definition) is 4. The number of nitrogens with zero attached hydrogens (tertiary/aromatic N) is 2. The number of amides is 1. The van der Waals surface area contributed by atoms with Crippen LogP contribution < -0.4 is 11.1 Å². The van der Waals surface area contributed by atoms with E-state index in [9.17, 15) is 4.79 Å². The van der Waals surface area contributed by atoms with Crippen molar-refractivity contribution in [2.24, 2.45) is 5.92 Å². The summed E-state index contributed by atoms with van der Waals surface area (Å²) in [5, 5.41) is 10.3. The van der Waals surface area contributed by atoms with E-state index < -0.39 is 0 Å². The predicted octanol–water partition coefficient (Wildman–Crippen LogP) is 0.587. The van der Waals surface area contributed by atoms with Crippen molar-refractivity contribution >= 4 is 11.7 Å². The molecule has 1 aliphatic rings. The highest BCUT2D eigenvalue weighted by Gasteiger charge is 2.36. The van der Waals surface area contributed by atoms with Crippen molar-refractivity contribution in [2.45, 2.75) is 25.8 Å². The maximum Gasteiger partial charge on any atom is 0.272 e. The Bertz CT molecular complexity index is 362. The molecule has 1 aromatic rings. The van der Waals surface area contributed by atoms with Gasteiger partial charge in [0, 0.05) is 6.04 Å². The Morgan fingerprint density at radius 2 is 2.40 bits per heavy atom. The second-order valence-corrected chi connectivity index (χ2v) is 3.83. The molecule has 1 aromatic heterocycles. The lowest BCUT2D eigenvalue weighted by atomic mass is 10.3. The summed E-state index contributed by atoms with van der Waals surface area (Å²) in [6, 6.07) is 3.48. The fourth-order valence-corrected chi connectivity index (χ4v) is 1.58. The third-order valence-electron chi connectivity index (χ3n) is 2.68. The molecule has 5 heteroatoms. The van der Waals surface area contributed by atoms with E-state index in [-0.39, 0.29) is 5.91 Å². The molecular formula is C10H14N4O. The Balaban J connectivity index is 1.94. The molecule has 0 aromatic carbocycles. The summed E-state index contributed by atoms with van der Waals surface area (Å²) in [7, 11) is 0. The molecule has 80 valence electrons. The summed E-state index contributed by atoms with van der Waals surface area (Å²) in [6.45, 7) is 2.12. The molecule has 2 rings (SSSR count). The number of carbonyl (C=O) groups excluding carboxylic acids is 1. The molecule has 1 aliphatic carbocycles. The molecule has 2 atom stereocenters. The molecule has 1 fully saturated rings. The quantitative estimate of drug-likeness (QED) is 0.758. The third kappa shape index (κ3) is 2.23. The third-order valence-corrected chi connectivity index (χ3v) is 2.68. The number of nitrogens with two attached hydrogens (primary N) is 1. The van der Waals surface area contributed by atoms with Gasteiger partial charge >= 0.3 is 0 Å². The standard InChI is InChI=1S/C10H14N4O/c1-2-6-5-8(6)12-10(15)7-3-4-9(11)14-13-7/h3-4,6,8H,2,5H2,1H3,(H2,11,14)(H,12,15). The summed E-state index contributed by atoms with van der Waals surface area (Å²) in [6.07, 6.45) is 2.18. The van der Waals surface area contributed by atoms with Gasteiger partial charge in [-0.05, 0) is 24.5 Å². The summed E-state index contributed by atoms with van der Waals surface area (Å²) in [4.78, 5) is 11.6. The van der Waals surface area contributed by atoms with Gasteiger partial charge in [0.1, 0.15) is 5.82 Å². The minimum absolute atomic E-state index is 0.163. The first-order chi connectivity index (χ1) is 7.20. The SMILES string of the molecule is CCC1CC1NC(=O)c1ccc(N)nn1. The first-order valence-electron chi connectivity index (χ1n) is 5.10. The molecule has 0 spiro atoms. The highest BCUT2D eigenvalue weighted by atomic mass is 16.2. The normalized spacial score (nSPS) is 23.5. The smallest absolute Gasteiger partial charge is 0.272 e. The average molecular weight is 206 g/mol. The first-order valence-corrected chi connectivity index (χ1v) is 5.10. The largest absolute Gasteiger partial charge is 0.382 e. The molecule has 1 saturated carbocycles. The Morgan fingerprint density at radius 1 is 1.60 bits per heavy atom. The van der Waals surface area contributed by atoms with Gasteiger partial charge in [0.2, 0.25) is 0 Å². The van der Waals surface area contributed by atoms with E-state index in [0.717, 1.165) is 12.8 Å². The highest BCUT2D eigenvalue weighted by molar-refractivity contribution is 5.92. The van der Waals surface area contributed by atoms with Crippen LogP contribution in [-0.4, -0.2) is 22.1 Å². The van der Waals surface area contributed by atoms with Gasteiger partial charge in [-0.3, -0.25) is 4.79 Å². The van der Waals surface area contributed by atoms with Crippen LogP contribution in [0.5, 0.6) is 0 Å². The van der Waals surface area contributed by atoms with Gasteiger partial charge in [-0.1, -0.05) is 13.3 Å². The highest BCUT2D eigenvalue weighted by Crippen LogP contribution is 2.33. The molecule has 0 aliphatic heterocycles. The van der Waals surface area contributed by atoms with E-state index >= 15 is 0 Å². The molecule has 3 N–H and O–H groups in total. The van der Waals surface area contributed by atoms with Crippen molar-refractivity contribution in [3.05, 3.63) is 17.8 Å². The minimum atomic E-state index is -0.163. The average Bonchev–Trinajstić information content (AvgIpc) is 2.97. The molecule has 1 amide bonds. The van der Waals surface area contributed by atoms with Crippen LogP contribution in [0.1, 0.15) is 30.3 Å². The zero-order valence-corrected chi connectivity index (χ0v) is 8.60. The van der Waals surface area contributed by atoms with Crippen LogP contribution in [0.3, 0.4) is 0 Å². The molecule has 1 heterocycles. The second kappa shape index (κ2) is 3.84. The van der Waals surface area contributed by atoms with Crippen LogP contribution in [0, 0.1) is 5.92 Å². The lowest BCUT2D eigenvalue weighted by Crippen LogP contribution is -2.27. The molecule has 0 radical (unpaired) electrons. The van der Waals surface area contributed by atoms with E-state index in [4.69, 9.17) is 5.73 Å². The van der Waals surface area contributed by atoms with E-state index in [1.165, 1.54) is 0 Å². The van der Waals surface area contributed by atoms with Crippen LogP contribution in [0.2, 0.25) is 0 Å². The Morgan fingerprint density at radius 3 is 2.93 bits per heavy atom. The van der Waals surface area contributed by atoms with Crippen LogP contribution >= 0.6 is 0 Å². The Kier molecular flexibility index (Phi) is 2.53. The lowest BCUT2D eigenvalue weighted by molar-refractivity contribution is 0.0943. The van der Waals surface area contributed by atoms with Crippen LogP contribution in [0.15, 0.2) is 12.1 Å². The molecular weight excluding hydrogens is 192 g/mol. The fourth-order valence-electron chi connectivity index (χ4n) is 1.58. The molecule has 5 nitrogen and oxygen atoms in total. The number of carbonyl (C=O) groups is 1. The Hall–Kier alpha value is -1.65. The van der Waals surface area contributed by atoms with E-state index in [0.29, 0.717) is 23.5 Å². The van der Waals surface area contributed by atoms with Gasteiger partial charge in [-0.2, -0.15) is 0 Å². The monoisotopic (exact) mass is 206 g/mol. The predicted molar refractivity (Wildman–Crippen MR) is 56.1 cm³/mol. The van der Waals surface area contributed by atoms with E-state index in [2.05, 4.69) is 22.4 Å². The second-order valence-electron chi connectivity index (χ2n) is 3.83. The molecule has 0 saturated heterocycles. The van der Waals surface area contributed by atoms with Crippen LogP contribution in [0.25, 0.3) is 0 Å². The van der Waals surface area contributed by atoms with Gasteiger partial charge in [-0.25, -0.2) is 0 Å². The van der Waals surface area contributed by atoms with Crippen molar-refractivity contribution < 1.29 is 4.79 Å². The van der Waals surface area contributed by atoms with E-state index in [1.54, 1.807) is 12.1 Å². The van der Waals surface area contributed by atoms with Gasteiger partial charge in [0.25, 0.3) is 5.91 Å². The fraction of sp³-hybridized carbons (Fsp3) is 0.500. The van der Waals surface area contributed by atoms with Crippen molar-refractivity contribution in [3.63, 3.8) is 0 Å². The van der Waals surface area contributed by atoms with Crippen LogP contribution in [-0.2, 0) is 0 Å². The first kappa shape index (κ1) is 9.89. The molecule has 0 bridgehead atoms. The van der Waals surface area contributed by atoms with Crippen molar-refractivity contribution in [3.8, 4) is 0 Å². The van der Waals surface area contributed by atoms with Crippen LogP contribution in [0.4, 0.5) is 5.82 Å². The number of nitrogen functional groups attached to an aromatic ring is 1. The van der Waals surface area contributed by atoms with Gasteiger partial charge in [-0.15, -0.1) is 10.2 Å². The maximum absolute atomic E-state index is 11.6. The van der Waals surface area contributed by atoms with Crippen molar-refractivity contribution in [1.82, 2.24) is 15.5 Å². The van der Waals surface area contributed by atoms with Crippen molar-refractivity contribution in [1.29, 1.82) is 0 Å². The zero-order valence-electron chi connectivity index (χ0n) is 8.60. The molecule has 2 unspecified atom stereocenters. The van der Waals surface area contributed by atoms with Gasteiger partial charge in [0.05, 0.1) is 0 Å². The summed E-state index contributed by atoms with van der Waals surface area (Å²) >= 11 is 0. The summed E-state index contributed by atoms with van der Waals surface area (Å²) in [5.74, 6) is 0.795. The van der Waals surface area contributed by atoms with Crippen molar-refractivity contribution in [2.75, 3.05) is 5.73 Å². The number of aromatic nitrogens is 2. The van der Waals surface area contributed by atoms with E-state index in [1.807, 2.05) is 0 Å². The summed E-state index contributed by atoms with van der Waals surface area (Å²) in [5.41, 5.74) is 5.70. The maximum atomic E-state index is 11.6. The lowest BCUT2D eigenvalue weighted by Gasteiger charge is -2.02.